The van der Waals surface area contributed by atoms with Crippen molar-refractivity contribution in [2.24, 2.45) is 4.99 Å². The van der Waals surface area contributed by atoms with E-state index in [0.29, 0.717) is 21.6 Å². The fraction of sp³-hybridized carbons (Fsp3) is 0.0870. The largest absolute Gasteiger partial charge is 0.478 e. The zero-order valence-corrected chi connectivity index (χ0v) is 17.1. The first-order valence-corrected chi connectivity index (χ1v) is 10.0. The molecule has 1 aliphatic rings. The zero-order chi connectivity index (χ0) is 21.3. The molecule has 2 N–H and O–H groups in total. The van der Waals surface area contributed by atoms with Gasteiger partial charge in [0, 0.05) is 11.6 Å². The number of aromatic carboxylic acids is 1. The first-order chi connectivity index (χ1) is 14.4. The maximum absolute atomic E-state index is 12.3. The van der Waals surface area contributed by atoms with Crippen LogP contribution in [0.5, 0.6) is 0 Å². The summed E-state index contributed by atoms with van der Waals surface area (Å²) in [6.45, 7) is 4.01. The van der Waals surface area contributed by atoms with Gasteiger partial charge in [0.15, 0.2) is 5.17 Å². The van der Waals surface area contributed by atoms with Crippen molar-refractivity contribution in [1.82, 2.24) is 5.32 Å². The van der Waals surface area contributed by atoms with Crippen molar-refractivity contribution in [1.29, 1.82) is 0 Å². The van der Waals surface area contributed by atoms with Gasteiger partial charge >= 0.3 is 5.97 Å². The summed E-state index contributed by atoms with van der Waals surface area (Å²) in [6, 6.07) is 15.9. The fourth-order valence-corrected chi connectivity index (χ4v) is 3.83. The van der Waals surface area contributed by atoms with Crippen LogP contribution >= 0.6 is 11.8 Å². The van der Waals surface area contributed by atoms with E-state index in [1.807, 2.05) is 32.0 Å². The highest BCUT2D eigenvalue weighted by Gasteiger charge is 2.24. The number of hydrogen-bond donors (Lipinski definition) is 2. The van der Waals surface area contributed by atoms with Crippen molar-refractivity contribution in [3.63, 3.8) is 0 Å². The second-order valence-electron chi connectivity index (χ2n) is 6.86. The van der Waals surface area contributed by atoms with Crippen LogP contribution in [0.1, 0.15) is 27.2 Å². The Hall–Kier alpha value is -3.58. The minimum atomic E-state index is -0.978. The number of carbonyl (C=O) groups is 2. The summed E-state index contributed by atoms with van der Waals surface area (Å²) >= 11 is 1.26. The quantitative estimate of drug-likeness (QED) is 0.572. The van der Waals surface area contributed by atoms with E-state index in [-0.39, 0.29) is 11.5 Å². The van der Waals surface area contributed by atoms with Crippen molar-refractivity contribution in [3.8, 4) is 11.3 Å². The summed E-state index contributed by atoms with van der Waals surface area (Å²) in [7, 11) is 0. The molecular formula is C23H18N2O4S. The molecule has 30 heavy (non-hydrogen) atoms. The second kappa shape index (κ2) is 8.04. The highest BCUT2D eigenvalue weighted by molar-refractivity contribution is 8.18. The van der Waals surface area contributed by atoms with E-state index in [1.165, 1.54) is 23.9 Å². The number of aryl methyl sites for hydroxylation is 2. The number of furan rings is 1. The molecule has 2 aromatic carbocycles. The predicted molar refractivity (Wildman–Crippen MR) is 118 cm³/mol. The highest BCUT2D eigenvalue weighted by atomic mass is 32.2. The van der Waals surface area contributed by atoms with Gasteiger partial charge in [-0.15, -0.1) is 0 Å². The van der Waals surface area contributed by atoms with Gasteiger partial charge in [-0.05, 0) is 61.5 Å². The molecule has 1 aromatic heterocycles. The van der Waals surface area contributed by atoms with E-state index in [2.05, 4.69) is 10.3 Å². The smallest absolute Gasteiger partial charge is 0.335 e. The molecule has 6 nitrogen and oxygen atoms in total. The van der Waals surface area contributed by atoms with Gasteiger partial charge in [-0.2, -0.15) is 0 Å². The third-order valence-corrected chi connectivity index (χ3v) is 5.45. The number of thioether (sulfide) groups is 1. The summed E-state index contributed by atoms with van der Waals surface area (Å²) in [5.41, 5.74) is 3.98. The van der Waals surface area contributed by atoms with Crippen LogP contribution in [0.4, 0.5) is 5.69 Å². The van der Waals surface area contributed by atoms with Gasteiger partial charge in [0.25, 0.3) is 5.91 Å². The number of benzene rings is 2. The summed E-state index contributed by atoms with van der Waals surface area (Å²) in [6.07, 6.45) is 1.67. The van der Waals surface area contributed by atoms with E-state index in [9.17, 15) is 9.59 Å². The van der Waals surface area contributed by atoms with Crippen LogP contribution in [0.2, 0.25) is 0 Å². The van der Waals surface area contributed by atoms with Crippen molar-refractivity contribution >= 4 is 40.6 Å². The van der Waals surface area contributed by atoms with Crippen molar-refractivity contribution < 1.29 is 19.1 Å². The first kappa shape index (κ1) is 19.7. The number of nitrogens with one attached hydrogen (secondary N) is 1. The average molecular weight is 418 g/mol. The molecule has 4 rings (SSSR count). The Labute approximate surface area is 177 Å². The lowest BCUT2D eigenvalue weighted by molar-refractivity contribution is -0.115. The van der Waals surface area contributed by atoms with Gasteiger partial charge in [-0.1, -0.05) is 29.8 Å². The van der Waals surface area contributed by atoms with Crippen molar-refractivity contribution in [2.75, 3.05) is 0 Å². The van der Waals surface area contributed by atoms with Crippen molar-refractivity contribution in [2.45, 2.75) is 13.8 Å². The second-order valence-corrected chi connectivity index (χ2v) is 7.89. The first-order valence-electron chi connectivity index (χ1n) is 9.19. The molecule has 0 saturated carbocycles. The summed E-state index contributed by atoms with van der Waals surface area (Å²) in [5, 5.41) is 12.3. The van der Waals surface area contributed by atoms with Gasteiger partial charge < -0.3 is 14.8 Å². The molecule has 2 heterocycles. The van der Waals surface area contributed by atoms with Gasteiger partial charge in [-0.25, -0.2) is 9.79 Å². The third kappa shape index (κ3) is 4.21. The maximum Gasteiger partial charge on any atom is 0.335 e. The van der Waals surface area contributed by atoms with Crippen molar-refractivity contribution in [3.05, 3.63) is 82.0 Å². The number of amidine groups is 1. The lowest BCUT2D eigenvalue weighted by Crippen LogP contribution is -2.19. The molecule has 0 aliphatic carbocycles. The van der Waals surface area contributed by atoms with Crippen LogP contribution in [0, 0.1) is 13.8 Å². The SMILES string of the molecule is Cc1ccc(N=C2NC(=O)/C(=C/c3ccc(-c4ccc(C(=O)O)cc4)o3)S2)c(C)c1. The van der Waals surface area contributed by atoms with E-state index >= 15 is 0 Å². The van der Waals surface area contributed by atoms with Gasteiger partial charge in [0.1, 0.15) is 11.5 Å². The van der Waals surface area contributed by atoms with Crippen LogP contribution in [0.15, 0.2) is 68.9 Å². The number of nitrogens with zero attached hydrogens (tertiary/aromatic N) is 1. The summed E-state index contributed by atoms with van der Waals surface area (Å²) in [5.74, 6) is -0.0923. The van der Waals surface area contributed by atoms with Crippen LogP contribution in [-0.2, 0) is 4.79 Å². The average Bonchev–Trinajstić information content (AvgIpc) is 3.31. The number of aliphatic imine (C=N–C) groups is 1. The molecule has 1 saturated heterocycles. The van der Waals surface area contributed by atoms with Crippen LogP contribution in [0.3, 0.4) is 0 Å². The molecule has 1 fully saturated rings. The van der Waals surface area contributed by atoms with Crippen LogP contribution in [-0.4, -0.2) is 22.2 Å². The normalized spacial score (nSPS) is 16.3. The number of hydrogen-bond acceptors (Lipinski definition) is 5. The minimum Gasteiger partial charge on any atom is -0.478 e. The lowest BCUT2D eigenvalue weighted by Gasteiger charge is -2.02. The monoisotopic (exact) mass is 418 g/mol. The molecule has 7 heteroatoms. The molecule has 0 atom stereocenters. The lowest BCUT2D eigenvalue weighted by atomic mass is 10.1. The molecule has 150 valence electrons. The molecular weight excluding hydrogens is 400 g/mol. The Bertz CT molecular complexity index is 1210. The topological polar surface area (TPSA) is 91.9 Å². The predicted octanol–water partition coefficient (Wildman–Crippen LogP) is 5.15. The van der Waals surface area contributed by atoms with E-state index in [4.69, 9.17) is 9.52 Å². The summed E-state index contributed by atoms with van der Waals surface area (Å²) in [4.78, 5) is 28.3. The molecule has 1 amide bonds. The van der Waals surface area contributed by atoms with Crippen LogP contribution < -0.4 is 5.32 Å². The van der Waals surface area contributed by atoms with Crippen LogP contribution in [0.25, 0.3) is 17.4 Å². The van der Waals surface area contributed by atoms with Gasteiger partial charge in [0.2, 0.25) is 0 Å². The Morgan fingerprint density at radius 3 is 2.57 bits per heavy atom. The number of carboxylic acid groups (broad SMARTS) is 1. The standard InChI is InChI=1S/C23H18N2O4S/c1-13-3-9-18(14(2)11-13)24-23-25-21(26)20(30-23)12-17-8-10-19(29-17)15-4-6-16(7-5-15)22(27)28/h3-12H,1-2H3,(H,27,28)(H,24,25,26)/b20-12-. The Morgan fingerprint density at radius 2 is 1.87 bits per heavy atom. The number of carbonyl (C=O) groups excluding carboxylic acids is 1. The Kier molecular flexibility index (Phi) is 5.29. The zero-order valence-electron chi connectivity index (χ0n) is 16.3. The van der Waals surface area contributed by atoms with E-state index in [0.717, 1.165) is 22.4 Å². The maximum atomic E-state index is 12.3. The fourth-order valence-electron chi connectivity index (χ4n) is 3.01. The van der Waals surface area contributed by atoms with Gasteiger partial charge in [-0.3, -0.25) is 4.79 Å². The molecule has 3 aromatic rings. The number of rotatable bonds is 4. The Morgan fingerprint density at radius 1 is 1.10 bits per heavy atom. The molecule has 0 spiro atoms. The molecule has 0 radical (unpaired) electrons. The molecule has 0 unspecified atom stereocenters. The van der Waals surface area contributed by atoms with Gasteiger partial charge in [0.05, 0.1) is 16.2 Å². The highest BCUT2D eigenvalue weighted by Crippen LogP contribution is 2.31. The summed E-state index contributed by atoms with van der Waals surface area (Å²) < 4.78 is 5.81. The molecule has 1 aliphatic heterocycles. The number of amides is 1. The number of carboxylic acids is 1. The molecule has 0 bridgehead atoms. The minimum absolute atomic E-state index is 0.210. The van der Waals surface area contributed by atoms with E-state index in [1.54, 1.807) is 30.3 Å². The Balaban J connectivity index is 1.53. The van der Waals surface area contributed by atoms with E-state index < -0.39 is 5.97 Å². The third-order valence-electron chi connectivity index (χ3n) is 4.54.